The van der Waals surface area contributed by atoms with E-state index in [1.54, 1.807) is 32.2 Å². The fourth-order valence-electron chi connectivity index (χ4n) is 0.760. The van der Waals surface area contributed by atoms with Crippen molar-refractivity contribution in [1.82, 2.24) is 4.98 Å². The molecule has 0 aliphatic rings. The van der Waals surface area contributed by atoms with Crippen molar-refractivity contribution in [3.63, 3.8) is 0 Å². The summed E-state index contributed by atoms with van der Waals surface area (Å²) in [7, 11) is 0. The number of pyridine rings is 1. The second kappa shape index (κ2) is 3.36. The third kappa shape index (κ3) is 2.38. The molecule has 0 bridgehead atoms. The van der Waals surface area contributed by atoms with Gasteiger partial charge in [-0.15, -0.1) is 6.42 Å². The van der Waals surface area contributed by atoms with Gasteiger partial charge in [0.2, 0.25) is 5.88 Å². The number of nitrogen functional groups attached to an aromatic ring is 1. The lowest BCUT2D eigenvalue weighted by atomic mass is 10.1. The normalized spacial score (nSPS) is 10.5. The second-order valence-electron chi connectivity index (χ2n) is 3.15. The Hall–Kier alpha value is -1.69. The lowest BCUT2D eigenvalue weighted by Crippen LogP contribution is -2.26. The molecule has 13 heavy (non-hydrogen) atoms. The number of aromatic nitrogens is 1. The zero-order valence-electron chi connectivity index (χ0n) is 7.74. The van der Waals surface area contributed by atoms with E-state index >= 15 is 0 Å². The molecule has 0 aromatic carbocycles. The molecule has 1 heterocycles. The molecule has 68 valence electrons. The van der Waals surface area contributed by atoms with Gasteiger partial charge in [-0.1, -0.05) is 5.92 Å². The largest absolute Gasteiger partial charge is 0.457 e. The number of terminal acetylenes is 1. The van der Waals surface area contributed by atoms with Gasteiger partial charge in [-0.3, -0.25) is 0 Å². The van der Waals surface area contributed by atoms with Gasteiger partial charge in [-0.25, -0.2) is 4.98 Å². The molecule has 0 aliphatic carbocycles. The maximum absolute atomic E-state index is 5.63. The predicted molar refractivity (Wildman–Crippen MR) is 52.2 cm³/mol. The third-order valence-corrected chi connectivity index (χ3v) is 1.50. The molecule has 0 saturated heterocycles. The fourth-order valence-corrected chi connectivity index (χ4v) is 0.760. The van der Waals surface area contributed by atoms with E-state index in [0.717, 1.165) is 0 Å². The van der Waals surface area contributed by atoms with Crippen LogP contribution in [0.1, 0.15) is 13.8 Å². The molecular weight excluding hydrogens is 164 g/mol. The van der Waals surface area contributed by atoms with Gasteiger partial charge in [-0.2, -0.15) is 0 Å². The van der Waals surface area contributed by atoms with Crippen molar-refractivity contribution in [2.75, 3.05) is 5.73 Å². The molecular formula is C10H12N2O. The highest BCUT2D eigenvalue weighted by Crippen LogP contribution is 2.21. The Labute approximate surface area is 77.9 Å². The molecule has 1 aromatic rings. The van der Waals surface area contributed by atoms with E-state index in [1.807, 2.05) is 0 Å². The number of rotatable bonds is 2. The summed E-state index contributed by atoms with van der Waals surface area (Å²) < 4.78 is 5.41. The minimum Gasteiger partial charge on any atom is -0.457 e. The minimum atomic E-state index is -0.678. The maximum atomic E-state index is 5.63. The number of hydrogen-bond acceptors (Lipinski definition) is 3. The highest BCUT2D eigenvalue weighted by molar-refractivity contribution is 5.47. The topological polar surface area (TPSA) is 48.1 Å². The van der Waals surface area contributed by atoms with Crippen LogP contribution in [0.4, 0.5) is 5.69 Å². The first-order valence-corrected chi connectivity index (χ1v) is 3.92. The number of nitrogens with two attached hydrogens (primary N) is 1. The van der Waals surface area contributed by atoms with Gasteiger partial charge in [-0.05, 0) is 26.0 Å². The van der Waals surface area contributed by atoms with Crippen LogP contribution in [0.3, 0.4) is 0 Å². The Morgan fingerprint density at radius 2 is 2.31 bits per heavy atom. The van der Waals surface area contributed by atoms with Crippen molar-refractivity contribution in [3.8, 4) is 18.2 Å². The van der Waals surface area contributed by atoms with Gasteiger partial charge in [0.15, 0.2) is 5.60 Å². The quantitative estimate of drug-likeness (QED) is 0.694. The minimum absolute atomic E-state index is 0.380. The molecule has 3 nitrogen and oxygen atoms in total. The molecule has 0 fully saturated rings. The van der Waals surface area contributed by atoms with E-state index in [4.69, 9.17) is 16.9 Å². The van der Waals surface area contributed by atoms with Gasteiger partial charge in [0.25, 0.3) is 0 Å². The molecule has 0 saturated carbocycles. The molecule has 0 radical (unpaired) electrons. The van der Waals surface area contributed by atoms with Crippen molar-refractivity contribution in [2.24, 2.45) is 0 Å². The summed E-state index contributed by atoms with van der Waals surface area (Å²) >= 11 is 0. The Morgan fingerprint density at radius 3 is 2.85 bits per heavy atom. The van der Waals surface area contributed by atoms with Gasteiger partial charge in [0, 0.05) is 6.20 Å². The Kier molecular flexibility index (Phi) is 2.43. The van der Waals surface area contributed by atoms with Crippen LogP contribution in [0.2, 0.25) is 0 Å². The van der Waals surface area contributed by atoms with E-state index in [-0.39, 0.29) is 0 Å². The maximum Gasteiger partial charge on any atom is 0.238 e. The number of nitrogens with zero attached hydrogens (tertiary/aromatic N) is 1. The van der Waals surface area contributed by atoms with Crippen molar-refractivity contribution in [2.45, 2.75) is 19.4 Å². The Bertz CT molecular complexity index is 339. The molecule has 0 spiro atoms. The van der Waals surface area contributed by atoms with Crippen molar-refractivity contribution in [1.29, 1.82) is 0 Å². The smallest absolute Gasteiger partial charge is 0.238 e. The van der Waals surface area contributed by atoms with Crippen molar-refractivity contribution in [3.05, 3.63) is 18.3 Å². The molecule has 3 heteroatoms. The fraction of sp³-hybridized carbons (Fsp3) is 0.300. The molecule has 0 unspecified atom stereocenters. The summed E-state index contributed by atoms with van der Waals surface area (Å²) in [5, 5.41) is 0. The summed E-state index contributed by atoms with van der Waals surface area (Å²) in [6.07, 6.45) is 6.87. The highest BCUT2D eigenvalue weighted by atomic mass is 16.5. The zero-order chi connectivity index (χ0) is 9.90. The van der Waals surface area contributed by atoms with E-state index in [0.29, 0.717) is 11.6 Å². The third-order valence-electron chi connectivity index (χ3n) is 1.50. The van der Waals surface area contributed by atoms with Crippen LogP contribution in [0, 0.1) is 12.3 Å². The zero-order valence-corrected chi connectivity index (χ0v) is 7.74. The summed E-state index contributed by atoms with van der Waals surface area (Å²) in [5.74, 6) is 2.88. The van der Waals surface area contributed by atoms with Crippen LogP contribution >= 0.6 is 0 Å². The Morgan fingerprint density at radius 1 is 1.62 bits per heavy atom. The summed E-state index contributed by atoms with van der Waals surface area (Å²) in [4.78, 5) is 3.97. The first-order valence-electron chi connectivity index (χ1n) is 3.92. The first-order chi connectivity index (χ1) is 6.05. The molecule has 0 atom stereocenters. The van der Waals surface area contributed by atoms with Gasteiger partial charge >= 0.3 is 0 Å². The number of ether oxygens (including phenoxy) is 1. The predicted octanol–water partition coefficient (Wildman–Crippen LogP) is 1.45. The van der Waals surface area contributed by atoms with E-state index in [9.17, 15) is 0 Å². The molecule has 1 aromatic heterocycles. The van der Waals surface area contributed by atoms with Crippen molar-refractivity contribution < 1.29 is 4.74 Å². The number of anilines is 1. The summed E-state index contributed by atoms with van der Waals surface area (Å²) in [6, 6.07) is 3.46. The van der Waals surface area contributed by atoms with E-state index < -0.39 is 5.60 Å². The average molecular weight is 176 g/mol. The van der Waals surface area contributed by atoms with Crippen LogP contribution < -0.4 is 10.5 Å². The first kappa shape index (κ1) is 9.40. The van der Waals surface area contributed by atoms with Crippen molar-refractivity contribution >= 4 is 5.69 Å². The summed E-state index contributed by atoms with van der Waals surface area (Å²) in [5.41, 5.74) is 5.44. The standard InChI is InChI=1S/C10H12N2O/c1-4-10(2,3)13-9-8(11)6-5-7-12-9/h1,5-7H,11H2,2-3H3. The molecule has 2 N–H and O–H groups in total. The van der Waals surface area contributed by atoms with E-state index in [1.165, 1.54) is 0 Å². The van der Waals surface area contributed by atoms with Gasteiger partial charge < -0.3 is 10.5 Å². The Balaban J connectivity index is 2.88. The van der Waals surface area contributed by atoms with Gasteiger partial charge in [0.05, 0.1) is 5.69 Å². The molecule has 0 aliphatic heterocycles. The van der Waals surface area contributed by atoms with Gasteiger partial charge in [0.1, 0.15) is 0 Å². The molecule has 0 amide bonds. The van der Waals surface area contributed by atoms with Crippen LogP contribution in [0.5, 0.6) is 5.88 Å². The van der Waals surface area contributed by atoms with Crippen LogP contribution in [0.15, 0.2) is 18.3 Å². The highest BCUT2D eigenvalue weighted by Gasteiger charge is 2.17. The summed E-state index contributed by atoms with van der Waals surface area (Å²) in [6.45, 7) is 3.56. The van der Waals surface area contributed by atoms with Crippen LogP contribution in [-0.4, -0.2) is 10.6 Å². The second-order valence-corrected chi connectivity index (χ2v) is 3.15. The van der Waals surface area contributed by atoms with Crippen LogP contribution in [0.25, 0.3) is 0 Å². The lowest BCUT2D eigenvalue weighted by Gasteiger charge is -2.19. The molecule has 1 rings (SSSR count). The van der Waals surface area contributed by atoms with Crippen LogP contribution in [-0.2, 0) is 0 Å². The lowest BCUT2D eigenvalue weighted by molar-refractivity contribution is 0.166. The number of hydrogen-bond donors (Lipinski definition) is 1. The monoisotopic (exact) mass is 176 g/mol. The SMILES string of the molecule is C#CC(C)(C)Oc1ncccc1N. The average Bonchev–Trinajstić information content (AvgIpc) is 2.09. The van der Waals surface area contributed by atoms with E-state index in [2.05, 4.69) is 10.9 Å².